The molecule has 0 unspecified atom stereocenters. The number of guanidine groups is 1. The Hall–Kier alpha value is -1.26. The Labute approximate surface area is 116 Å². The lowest BCUT2D eigenvalue weighted by Crippen LogP contribution is -2.41. The van der Waals surface area contributed by atoms with Gasteiger partial charge in [0.25, 0.3) is 0 Å². The number of nitrogens with one attached hydrogen (secondary N) is 1. The topological polar surface area (TPSA) is 70.7 Å². The Bertz CT molecular complexity index is 294. The van der Waals surface area contributed by atoms with E-state index in [2.05, 4.69) is 10.3 Å². The third-order valence-corrected chi connectivity index (χ3v) is 3.68. The van der Waals surface area contributed by atoms with Crippen molar-refractivity contribution in [2.75, 3.05) is 19.6 Å². The number of amides is 1. The van der Waals surface area contributed by atoms with Crippen LogP contribution in [0.3, 0.4) is 0 Å². The maximum Gasteiger partial charge on any atom is 0.224 e. The van der Waals surface area contributed by atoms with E-state index in [-0.39, 0.29) is 5.91 Å². The van der Waals surface area contributed by atoms with E-state index in [9.17, 15) is 4.79 Å². The molecule has 1 rings (SSSR count). The average molecular weight is 268 g/mol. The van der Waals surface area contributed by atoms with Crippen LogP contribution in [0.25, 0.3) is 0 Å². The highest BCUT2D eigenvalue weighted by atomic mass is 16.2. The predicted molar refractivity (Wildman–Crippen MR) is 79.0 cm³/mol. The molecule has 0 saturated heterocycles. The van der Waals surface area contributed by atoms with Crippen LogP contribution in [0, 0.1) is 0 Å². The van der Waals surface area contributed by atoms with E-state index in [0.29, 0.717) is 25.0 Å². The van der Waals surface area contributed by atoms with Gasteiger partial charge in [-0.25, -0.2) is 0 Å². The summed E-state index contributed by atoms with van der Waals surface area (Å²) in [7, 11) is 0. The Kier molecular flexibility index (Phi) is 7.30. The first-order valence-electron chi connectivity index (χ1n) is 7.51. The maximum absolute atomic E-state index is 11.8. The summed E-state index contributed by atoms with van der Waals surface area (Å²) in [5.74, 6) is 0.637. The summed E-state index contributed by atoms with van der Waals surface area (Å²) in [6.45, 7) is 5.97. The first-order chi connectivity index (χ1) is 9.17. The van der Waals surface area contributed by atoms with E-state index in [1.54, 1.807) is 0 Å². The van der Waals surface area contributed by atoms with Crippen molar-refractivity contribution < 1.29 is 4.79 Å². The van der Waals surface area contributed by atoms with E-state index in [1.165, 1.54) is 32.1 Å². The highest BCUT2D eigenvalue weighted by Crippen LogP contribution is 2.16. The summed E-state index contributed by atoms with van der Waals surface area (Å²) in [5.41, 5.74) is 5.85. The minimum Gasteiger partial charge on any atom is -0.370 e. The van der Waals surface area contributed by atoms with Crippen molar-refractivity contribution in [3.8, 4) is 0 Å². The molecule has 1 fully saturated rings. The first-order valence-corrected chi connectivity index (χ1v) is 7.51. The van der Waals surface area contributed by atoms with E-state index in [1.807, 2.05) is 18.7 Å². The van der Waals surface area contributed by atoms with Crippen LogP contribution in [0.15, 0.2) is 4.99 Å². The van der Waals surface area contributed by atoms with Gasteiger partial charge < -0.3 is 16.0 Å². The second kappa shape index (κ2) is 8.77. The van der Waals surface area contributed by atoms with Gasteiger partial charge in [-0.05, 0) is 26.7 Å². The smallest absolute Gasteiger partial charge is 0.224 e. The summed E-state index contributed by atoms with van der Waals surface area (Å²) in [6.07, 6.45) is 6.66. The van der Waals surface area contributed by atoms with E-state index in [4.69, 9.17) is 5.73 Å². The van der Waals surface area contributed by atoms with Crippen LogP contribution >= 0.6 is 0 Å². The van der Waals surface area contributed by atoms with Gasteiger partial charge in [0.15, 0.2) is 5.96 Å². The van der Waals surface area contributed by atoms with Crippen LogP contribution in [-0.2, 0) is 4.79 Å². The summed E-state index contributed by atoms with van der Waals surface area (Å²) in [4.78, 5) is 17.8. The standard InChI is InChI=1S/C14H28N4O/c1-3-18(4-2)13(19)10-11-16-14(15)17-12-8-6-5-7-9-12/h12H,3-11H2,1-2H3,(H3,15,16,17). The number of carbonyl (C=O) groups is 1. The lowest BCUT2D eigenvalue weighted by atomic mass is 9.96. The van der Waals surface area contributed by atoms with Crippen molar-refractivity contribution in [2.24, 2.45) is 10.7 Å². The molecule has 5 nitrogen and oxygen atoms in total. The number of carbonyl (C=O) groups excluding carboxylic acids is 1. The zero-order valence-electron chi connectivity index (χ0n) is 12.3. The van der Waals surface area contributed by atoms with Crippen LogP contribution in [0.4, 0.5) is 0 Å². The number of aliphatic imine (C=N–C) groups is 1. The summed E-state index contributed by atoms with van der Waals surface area (Å²) in [6, 6.07) is 0.469. The zero-order valence-corrected chi connectivity index (χ0v) is 12.3. The molecular formula is C14H28N4O. The normalized spacial score (nSPS) is 17.3. The lowest BCUT2D eigenvalue weighted by Gasteiger charge is -2.23. The highest BCUT2D eigenvalue weighted by molar-refractivity contribution is 5.79. The van der Waals surface area contributed by atoms with Crippen LogP contribution in [0.5, 0.6) is 0 Å². The lowest BCUT2D eigenvalue weighted by molar-refractivity contribution is -0.130. The Morgan fingerprint density at radius 3 is 2.47 bits per heavy atom. The fourth-order valence-electron chi connectivity index (χ4n) is 2.51. The highest BCUT2D eigenvalue weighted by Gasteiger charge is 2.13. The molecule has 0 aromatic rings. The monoisotopic (exact) mass is 268 g/mol. The quantitative estimate of drug-likeness (QED) is 0.566. The Morgan fingerprint density at radius 1 is 1.26 bits per heavy atom. The fourth-order valence-corrected chi connectivity index (χ4v) is 2.51. The van der Waals surface area contributed by atoms with E-state index in [0.717, 1.165) is 13.1 Å². The van der Waals surface area contributed by atoms with Crippen molar-refractivity contribution in [3.05, 3.63) is 0 Å². The summed E-state index contributed by atoms with van der Waals surface area (Å²) < 4.78 is 0. The van der Waals surface area contributed by atoms with Crippen LogP contribution in [-0.4, -0.2) is 42.4 Å². The molecule has 0 spiro atoms. The third-order valence-electron chi connectivity index (χ3n) is 3.68. The van der Waals surface area contributed by atoms with E-state index >= 15 is 0 Å². The molecule has 1 amide bonds. The number of nitrogens with two attached hydrogens (primary N) is 1. The number of hydrogen-bond acceptors (Lipinski definition) is 2. The SMILES string of the molecule is CCN(CC)C(=O)CCN=C(N)NC1CCCCC1. The predicted octanol–water partition coefficient (Wildman–Crippen LogP) is 1.48. The van der Waals surface area contributed by atoms with Gasteiger partial charge in [0.1, 0.15) is 0 Å². The van der Waals surface area contributed by atoms with Gasteiger partial charge in [-0.3, -0.25) is 9.79 Å². The molecule has 0 bridgehead atoms. The molecule has 0 radical (unpaired) electrons. The molecular weight excluding hydrogens is 240 g/mol. The number of hydrogen-bond donors (Lipinski definition) is 2. The van der Waals surface area contributed by atoms with Crippen molar-refractivity contribution in [1.29, 1.82) is 0 Å². The van der Waals surface area contributed by atoms with Gasteiger partial charge in [0.05, 0.1) is 6.54 Å². The van der Waals surface area contributed by atoms with Crippen LogP contribution < -0.4 is 11.1 Å². The van der Waals surface area contributed by atoms with Gasteiger partial charge in [0, 0.05) is 25.6 Å². The molecule has 0 heterocycles. The second-order valence-corrected chi connectivity index (χ2v) is 5.06. The largest absolute Gasteiger partial charge is 0.370 e. The molecule has 0 atom stereocenters. The fraction of sp³-hybridized carbons (Fsp3) is 0.857. The van der Waals surface area contributed by atoms with Crippen LogP contribution in [0.2, 0.25) is 0 Å². The molecule has 1 aliphatic carbocycles. The first kappa shape index (κ1) is 15.8. The molecule has 19 heavy (non-hydrogen) atoms. The molecule has 1 saturated carbocycles. The molecule has 0 aliphatic heterocycles. The zero-order chi connectivity index (χ0) is 14.1. The summed E-state index contributed by atoms with van der Waals surface area (Å²) >= 11 is 0. The van der Waals surface area contributed by atoms with Crippen molar-refractivity contribution in [3.63, 3.8) is 0 Å². The van der Waals surface area contributed by atoms with Gasteiger partial charge in [-0.15, -0.1) is 0 Å². The van der Waals surface area contributed by atoms with Gasteiger partial charge >= 0.3 is 0 Å². The Balaban J connectivity index is 2.25. The number of nitrogens with zero attached hydrogens (tertiary/aromatic N) is 2. The molecule has 0 aromatic carbocycles. The molecule has 110 valence electrons. The Morgan fingerprint density at radius 2 is 1.89 bits per heavy atom. The van der Waals surface area contributed by atoms with Crippen molar-refractivity contribution in [2.45, 2.75) is 58.4 Å². The molecule has 3 N–H and O–H groups in total. The van der Waals surface area contributed by atoms with Crippen molar-refractivity contribution in [1.82, 2.24) is 10.2 Å². The van der Waals surface area contributed by atoms with Gasteiger partial charge in [0.2, 0.25) is 5.91 Å². The molecule has 1 aliphatic rings. The number of rotatable bonds is 6. The minimum absolute atomic E-state index is 0.152. The molecule has 0 aromatic heterocycles. The van der Waals surface area contributed by atoms with Crippen molar-refractivity contribution >= 4 is 11.9 Å². The van der Waals surface area contributed by atoms with Gasteiger partial charge in [-0.1, -0.05) is 19.3 Å². The minimum atomic E-state index is 0.152. The molecule has 5 heteroatoms. The van der Waals surface area contributed by atoms with Gasteiger partial charge in [-0.2, -0.15) is 0 Å². The van der Waals surface area contributed by atoms with Crippen LogP contribution in [0.1, 0.15) is 52.4 Å². The summed E-state index contributed by atoms with van der Waals surface area (Å²) in [5, 5.41) is 3.25. The van der Waals surface area contributed by atoms with E-state index < -0.39 is 0 Å². The average Bonchev–Trinajstić information content (AvgIpc) is 2.41. The maximum atomic E-state index is 11.8. The third kappa shape index (κ3) is 5.94. The second-order valence-electron chi connectivity index (χ2n) is 5.06.